The summed E-state index contributed by atoms with van der Waals surface area (Å²) in [7, 11) is 2.98. The summed E-state index contributed by atoms with van der Waals surface area (Å²) in [5.74, 6) is -0.810. The molecule has 1 rings (SSSR count). The van der Waals surface area contributed by atoms with E-state index in [2.05, 4.69) is 5.32 Å². The molecule has 0 saturated heterocycles. The highest BCUT2D eigenvalue weighted by Crippen LogP contribution is 2.33. The Kier molecular flexibility index (Phi) is 6.58. The fraction of sp³-hybridized carbons (Fsp3) is 0.533. The summed E-state index contributed by atoms with van der Waals surface area (Å²) in [6.07, 6.45) is 0. The molecule has 0 amide bonds. The van der Waals surface area contributed by atoms with E-state index < -0.39 is 17.3 Å². The van der Waals surface area contributed by atoms with E-state index in [9.17, 15) is 9.18 Å². The summed E-state index contributed by atoms with van der Waals surface area (Å²) >= 11 is 0. The molecule has 1 N–H and O–H groups in total. The molecule has 0 fully saturated rings. The van der Waals surface area contributed by atoms with Crippen molar-refractivity contribution in [3.8, 4) is 5.75 Å². The van der Waals surface area contributed by atoms with Crippen LogP contribution in [0.3, 0.4) is 0 Å². The maximum absolute atomic E-state index is 14.3. The van der Waals surface area contributed by atoms with Crippen LogP contribution in [0.5, 0.6) is 5.75 Å². The number of ether oxygens (including phenoxy) is 3. The van der Waals surface area contributed by atoms with Crippen LogP contribution >= 0.6 is 0 Å². The summed E-state index contributed by atoms with van der Waals surface area (Å²) < 4.78 is 29.5. The number of nitrogens with one attached hydrogen (secondary N) is 1. The summed E-state index contributed by atoms with van der Waals surface area (Å²) in [5, 5.41) is 2.99. The molecule has 0 aliphatic carbocycles. The van der Waals surface area contributed by atoms with Crippen LogP contribution < -0.4 is 10.1 Å². The quantitative estimate of drug-likeness (QED) is 0.586. The molecule has 5 nitrogen and oxygen atoms in total. The first-order valence-electron chi connectivity index (χ1n) is 6.75. The molecule has 1 unspecified atom stereocenters. The van der Waals surface area contributed by atoms with Crippen LogP contribution in [0.25, 0.3) is 0 Å². The number of methoxy groups -OCH3 is 2. The van der Waals surface area contributed by atoms with Crippen LogP contribution in [0, 0.1) is 5.82 Å². The zero-order chi connectivity index (χ0) is 15.9. The van der Waals surface area contributed by atoms with Gasteiger partial charge in [-0.1, -0.05) is 6.07 Å². The number of carbonyl (C=O) groups excluding carboxylic acids is 1. The van der Waals surface area contributed by atoms with Crippen molar-refractivity contribution in [2.45, 2.75) is 19.4 Å². The van der Waals surface area contributed by atoms with E-state index >= 15 is 0 Å². The second kappa shape index (κ2) is 7.95. The first-order chi connectivity index (χ1) is 10.0. The van der Waals surface area contributed by atoms with Crippen molar-refractivity contribution in [2.24, 2.45) is 0 Å². The predicted octanol–water partition coefficient (Wildman–Crippen LogP) is 1.85. The lowest BCUT2D eigenvalue weighted by molar-refractivity contribution is -0.151. The number of halogens is 1. The van der Waals surface area contributed by atoms with Crippen molar-refractivity contribution in [3.05, 3.63) is 29.6 Å². The molecule has 118 valence electrons. The number of esters is 1. The van der Waals surface area contributed by atoms with Crippen molar-refractivity contribution in [1.82, 2.24) is 5.32 Å². The van der Waals surface area contributed by atoms with Gasteiger partial charge in [0.05, 0.1) is 25.9 Å². The van der Waals surface area contributed by atoms with Gasteiger partial charge in [-0.15, -0.1) is 0 Å². The van der Waals surface area contributed by atoms with Gasteiger partial charge in [-0.05, 0) is 26.0 Å². The van der Waals surface area contributed by atoms with E-state index in [0.29, 0.717) is 13.2 Å². The largest absolute Gasteiger partial charge is 0.496 e. The van der Waals surface area contributed by atoms with Crippen LogP contribution in [0.1, 0.15) is 19.4 Å². The summed E-state index contributed by atoms with van der Waals surface area (Å²) in [5.41, 5.74) is -1.23. The predicted molar refractivity (Wildman–Crippen MR) is 76.8 cm³/mol. The maximum atomic E-state index is 14.3. The third kappa shape index (κ3) is 3.92. The standard InChI is InChI=1S/C15H22FNO4/c1-5-21-14(18)15(2,17-9-10-19-3)13-11(16)7-6-8-12(13)20-4/h6-8,17H,5,9-10H2,1-4H3. The van der Waals surface area contributed by atoms with E-state index in [1.807, 2.05) is 0 Å². The first-order valence-corrected chi connectivity index (χ1v) is 6.75. The smallest absolute Gasteiger partial charge is 0.330 e. The van der Waals surface area contributed by atoms with Crippen LogP contribution in [0.15, 0.2) is 18.2 Å². The number of benzene rings is 1. The molecule has 1 atom stereocenters. The lowest BCUT2D eigenvalue weighted by Crippen LogP contribution is -2.49. The number of hydrogen-bond acceptors (Lipinski definition) is 5. The van der Waals surface area contributed by atoms with E-state index in [0.717, 1.165) is 0 Å². The second-order valence-corrected chi connectivity index (χ2v) is 4.58. The van der Waals surface area contributed by atoms with Crippen LogP contribution in [0.4, 0.5) is 4.39 Å². The Morgan fingerprint density at radius 3 is 2.67 bits per heavy atom. The average molecular weight is 299 g/mol. The highest BCUT2D eigenvalue weighted by molar-refractivity contribution is 5.83. The van der Waals surface area contributed by atoms with E-state index in [4.69, 9.17) is 14.2 Å². The van der Waals surface area contributed by atoms with Gasteiger partial charge in [0.15, 0.2) is 0 Å². The lowest BCUT2D eigenvalue weighted by Gasteiger charge is -2.30. The van der Waals surface area contributed by atoms with Gasteiger partial charge < -0.3 is 14.2 Å². The first kappa shape index (κ1) is 17.4. The molecule has 0 aliphatic heterocycles. The molecular formula is C15H22FNO4. The zero-order valence-corrected chi connectivity index (χ0v) is 12.9. The average Bonchev–Trinajstić information content (AvgIpc) is 2.47. The molecule has 1 aromatic rings. The SMILES string of the molecule is CCOC(=O)C(C)(NCCOC)c1c(F)cccc1OC. The monoisotopic (exact) mass is 299 g/mol. The molecule has 0 radical (unpaired) electrons. The van der Waals surface area contributed by atoms with Crippen LogP contribution in [-0.4, -0.2) is 39.9 Å². The summed E-state index contributed by atoms with van der Waals surface area (Å²) in [4.78, 5) is 12.3. The Morgan fingerprint density at radius 2 is 2.10 bits per heavy atom. The Hall–Kier alpha value is -1.66. The molecule has 0 heterocycles. The van der Waals surface area contributed by atoms with Gasteiger partial charge >= 0.3 is 5.97 Å². The molecule has 0 aliphatic rings. The van der Waals surface area contributed by atoms with Gasteiger partial charge in [-0.3, -0.25) is 5.32 Å². The summed E-state index contributed by atoms with van der Waals surface area (Å²) in [6, 6.07) is 4.42. The zero-order valence-electron chi connectivity index (χ0n) is 12.9. The number of carbonyl (C=O) groups is 1. The minimum atomic E-state index is -1.36. The Labute approximate surface area is 124 Å². The Balaban J connectivity index is 3.26. The highest BCUT2D eigenvalue weighted by Gasteiger charge is 2.41. The summed E-state index contributed by atoms with van der Waals surface area (Å²) in [6.45, 7) is 4.22. The normalized spacial score (nSPS) is 13.6. The molecule has 21 heavy (non-hydrogen) atoms. The van der Waals surface area contributed by atoms with Crippen molar-refractivity contribution in [2.75, 3.05) is 34.0 Å². The van der Waals surface area contributed by atoms with Crippen molar-refractivity contribution in [3.63, 3.8) is 0 Å². The van der Waals surface area contributed by atoms with Gasteiger partial charge in [-0.2, -0.15) is 0 Å². The van der Waals surface area contributed by atoms with Crippen molar-refractivity contribution < 1.29 is 23.4 Å². The second-order valence-electron chi connectivity index (χ2n) is 4.58. The molecule has 0 bridgehead atoms. The Bertz CT molecular complexity index is 481. The van der Waals surface area contributed by atoms with Gasteiger partial charge in [0.1, 0.15) is 17.1 Å². The lowest BCUT2D eigenvalue weighted by atomic mass is 9.90. The molecule has 0 saturated carbocycles. The fourth-order valence-corrected chi connectivity index (χ4v) is 2.10. The minimum absolute atomic E-state index is 0.127. The fourth-order valence-electron chi connectivity index (χ4n) is 2.10. The molecule has 6 heteroatoms. The van der Waals surface area contributed by atoms with Gasteiger partial charge in [0.25, 0.3) is 0 Å². The molecule has 0 spiro atoms. The van der Waals surface area contributed by atoms with Gasteiger partial charge in [0, 0.05) is 13.7 Å². The van der Waals surface area contributed by atoms with Crippen LogP contribution in [-0.2, 0) is 19.8 Å². The number of hydrogen-bond donors (Lipinski definition) is 1. The van der Waals surface area contributed by atoms with Gasteiger partial charge in [0.2, 0.25) is 0 Å². The van der Waals surface area contributed by atoms with Crippen molar-refractivity contribution >= 4 is 5.97 Å². The van der Waals surface area contributed by atoms with E-state index in [1.54, 1.807) is 27.0 Å². The van der Waals surface area contributed by atoms with Crippen LogP contribution in [0.2, 0.25) is 0 Å². The molecule has 0 aromatic heterocycles. The minimum Gasteiger partial charge on any atom is -0.496 e. The van der Waals surface area contributed by atoms with E-state index in [1.165, 1.54) is 19.2 Å². The number of rotatable bonds is 8. The Morgan fingerprint density at radius 1 is 1.38 bits per heavy atom. The maximum Gasteiger partial charge on any atom is 0.330 e. The third-order valence-electron chi connectivity index (χ3n) is 3.16. The highest BCUT2D eigenvalue weighted by atomic mass is 19.1. The van der Waals surface area contributed by atoms with Crippen molar-refractivity contribution in [1.29, 1.82) is 0 Å². The van der Waals surface area contributed by atoms with E-state index in [-0.39, 0.29) is 17.9 Å². The van der Waals surface area contributed by atoms with Gasteiger partial charge in [-0.25, -0.2) is 9.18 Å². The third-order valence-corrected chi connectivity index (χ3v) is 3.16. The molecular weight excluding hydrogens is 277 g/mol. The topological polar surface area (TPSA) is 56.8 Å². The molecule has 1 aromatic carbocycles.